The number of aromatic nitrogens is 2. The van der Waals surface area contributed by atoms with Crippen molar-refractivity contribution in [2.75, 3.05) is 49.2 Å². The van der Waals surface area contributed by atoms with Crippen LogP contribution in [0.3, 0.4) is 0 Å². The molecule has 12 heteroatoms. The summed E-state index contributed by atoms with van der Waals surface area (Å²) in [6.45, 7) is 7.34. The van der Waals surface area contributed by atoms with Gasteiger partial charge < -0.3 is 30.3 Å². The number of ether oxygens (including phenoxy) is 1. The van der Waals surface area contributed by atoms with Crippen molar-refractivity contribution in [1.29, 1.82) is 0 Å². The number of primary amides is 1. The molecule has 0 saturated carbocycles. The lowest BCUT2D eigenvalue weighted by molar-refractivity contribution is -0.145. The zero-order valence-corrected chi connectivity index (χ0v) is 21.5. The van der Waals surface area contributed by atoms with Crippen molar-refractivity contribution >= 4 is 41.7 Å². The van der Waals surface area contributed by atoms with Crippen LogP contribution in [-0.2, 0) is 9.53 Å². The van der Waals surface area contributed by atoms with Crippen LogP contribution in [0.2, 0.25) is 0 Å². The molecule has 0 radical (unpaired) electrons. The molecule has 1 atom stereocenters. The summed E-state index contributed by atoms with van der Waals surface area (Å²) in [7, 11) is 0. The Bertz CT molecular complexity index is 1040. The van der Waals surface area contributed by atoms with Gasteiger partial charge in [0.2, 0.25) is 5.91 Å². The second-order valence-corrected chi connectivity index (χ2v) is 8.37. The topological polar surface area (TPSA) is 142 Å². The number of hydrogen-bond donors (Lipinski definition) is 2. The summed E-state index contributed by atoms with van der Waals surface area (Å²) in [5.41, 5.74) is 6.43. The van der Waals surface area contributed by atoms with Crippen LogP contribution in [0.5, 0.6) is 0 Å². The van der Waals surface area contributed by atoms with E-state index in [0.717, 1.165) is 0 Å². The molecule has 3 heterocycles. The Morgan fingerprint density at radius 3 is 2.36 bits per heavy atom. The number of aliphatic hydroxyl groups excluding tert-OH is 1. The molecule has 0 unspecified atom stereocenters. The van der Waals surface area contributed by atoms with Crippen molar-refractivity contribution in [3.8, 4) is 0 Å². The monoisotopic (exact) mass is 520 g/mol. The van der Waals surface area contributed by atoms with Crippen molar-refractivity contribution in [3.63, 3.8) is 0 Å². The third-order valence-corrected chi connectivity index (χ3v) is 5.80. The number of piperazine rings is 1. The van der Waals surface area contributed by atoms with Crippen molar-refractivity contribution in [3.05, 3.63) is 47.9 Å². The minimum Gasteiger partial charge on any atom is -0.464 e. The van der Waals surface area contributed by atoms with Gasteiger partial charge in [-0.15, -0.1) is 12.4 Å². The molecule has 0 spiro atoms. The fraction of sp³-hybridized carbons (Fsp3) is 0.458. The van der Waals surface area contributed by atoms with E-state index in [4.69, 9.17) is 10.5 Å². The van der Waals surface area contributed by atoms with Crippen molar-refractivity contribution < 1.29 is 24.2 Å². The smallest absolute Gasteiger partial charge is 0.331 e. The molecule has 2 aromatic heterocycles. The Hall–Kier alpha value is -3.44. The zero-order chi connectivity index (χ0) is 25.5. The summed E-state index contributed by atoms with van der Waals surface area (Å²) < 4.78 is 5.19. The van der Waals surface area contributed by atoms with Gasteiger partial charge in [-0.3, -0.25) is 14.6 Å². The van der Waals surface area contributed by atoms with E-state index in [9.17, 15) is 19.5 Å². The normalized spacial score (nSPS) is 14.1. The van der Waals surface area contributed by atoms with Crippen LogP contribution in [0.4, 0.5) is 11.5 Å². The number of nitrogens with two attached hydrogens (primary N) is 1. The summed E-state index contributed by atoms with van der Waals surface area (Å²) in [4.78, 5) is 50.9. The molecule has 1 aliphatic heterocycles. The lowest BCUT2D eigenvalue weighted by atomic mass is 10.1. The van der Waals surface area contributed by atoms with Crippen LogP contribution in [0, 0.1) is 0 Å². The second-order valence-electron chi connectivity index (χ2n) is 8.37. The first-order chi connectivity index (χ1) is 16.8. The fourth-order valence-electron chi connectivity index (χ4n) is 4.10. The minimum atomic E-state index is -0.866. The summed E-state index contributed by atoms with van der Waals surface area (Å²) in [5, 5.41) is 10.0. The minimum absolute atomic E-state index is 0. The summed E-state index contributed by atoms with van der Waals surface area (Å²) in [6, 6.07) is 5.66. The van der Waals surface area contributed by atoms with Gasteiger partial charge in [-0.25, -0.2) is 9.78 Å². The molecule has 2 aromatic rings. The maximum atomic E-state index is 12.9. The molecule has 1 saturated heterocycles. The molecule has 2 amide bonds. The number of rotatable bonds is 9. The molecule has 36 heavy (non-hydrogen) atoms. The summed E-state index contributed by atoms with van der Waals surface area (Å²) in [6.07, 6.45) is 2.98. The van der Waals surface area contributed by atoms with Crippen LogP contribution in [-0.4, -0.2) is 89.2 Å². The van der Waals surface area contributed by atoms with E-state index in [1.165, 1.54) is 18.3 Å². The SMILES string of the molecule is CCOC(=O)[C@@H](CO)N(c1cccnc1N1CCN(C(=O)c2ccc(C(N)=O)cn2)CC1)C(C)C.Cl. The van der Waals surface area contributed by atoms with Gasteiger partial charge in [-0.2, -0.15) is 0 Å². The van der Waals surface area contributed by atoms with Crippen molar-refractivity contribution in [2.45, 2.75) is 32.9 Å². The van der Waals surface area contributed by atoms with Gasteiger partial charge in [0.15, 0.2) is 11.9 Å². The van der Waals surface area contributed by atoms with Crippen molar-refractivity contribution in [2.24, 2.45) is 5.73 Å². The van der Waals surface area contributed by atoms with Crippen LogP contribution in [0.1, 0.15) is 41.6 Å². The lowest BCUT2D eigenvalue weighted by Gasteiger charge is -2.40. The molecule has 3 rings (SSSR count). The van der Waals surface area contributed by atoms with Crippen molar-refractivity contribution in [1.82, 2.24) is 14.9 Å². The van der Waals surface area contributed by atoms with Gasteiger partial charge in [0.1, 0.15) is 5.69 Å². The zero-order valence-electron chi connectivity index (χ0n) is 20.7. The number of halogens is 1. The lowest BCUT2D eigenvalue weighted by Crippen LogP contribution is -2.51. The highest BCUT2D eigenvalue weighted by Crippen LogP contribution is 2.31. The Balaban J connectivity index is 0.00000456. The number of hydrogen-bond acceptors (Lipinski definition) is 9. The Labute approximate surface area is 216 Å². The first-order valence-corrected chi connectivity index (χ1v) is 11.6. The highest BCUT2D eigenvalue weighted by molar-refractivity contribution is 5.95. The van der Waals surface area contributed by atoms with Gasteiger partial charge in [0.25, 0.3) is 5.91 Å². The maximum absolute atomic E-state index is 12.9. The largest absolute Gasteiger partial charge is 0.464 e. The number of amides is 2. The molecular weight excluding hydrogens is 488 g/mol. The number of pyridine rings is 2. The molecule has 1 fully saturated rings. The predicted molar refractivity (Wildman–Crippen MR) is 137 cm³/mol. The summed E-state index contributed by atoms with van der Waals surface area (Å²) >= 11 is 0. The van der Waals surface area contributed by atoms with Gasteiger partial charge in [-0.1, -0.05) is 0 Å². The average Bonchev–Trinajstić information content (AvgIpc) is 2.87. The second kappa shape index (κ2) is 13.0. The molecule has 196 valence electrons. The third-order valence-electron chi connectivity index (χ3n) is 5.80. The predicted octanol–water partition coefficient (Wildman–Crippen LogP) is 1.10. The number of nitrogens with zero attached hydrogens (tertiary/aromatic N) is 5. The molecule has 0 bridgehead atoms. The molecular formula is C24H33ClN6O5. The fourth-order valence-corrected chi connectivity index (χ4v) is 4.10. The first-order valence-electron chi connectivity index (χ1n) is 11.6. The van der Waals surface area contributed by atoms with Gasteiger partial charge in [-0.05, 0) is 45.0 Å². The Morgan fingerprint density at radius 1 is 1.14 bits per heavy atom. The highest BCUT2D eigenvalue weighted by atomic mass is 35.5. The molecule has 3 N–H and O–H groups in total. The number of carbonyl (C=O) groups excluding carboxylic acids is 3. The first kappa shape index (κ1) is 28.8. The van der Waals surface area contributed by atoms with E-state index in [0.29, 0.717) is 37.7 Å². The summed E-state index contributed by atoms with van der Waals surface area (Å²) in [5.74, 6) is -0.657. The number of anilines is 2. The van der Waals surface area contributed by atoms with Gasteiger partial charge in [0, 0.05) is 44.6 Å². The van der Waals surface area contributed by atoms with Crippen LogP contribution in [0.25, 0.3) is 0 Å². The van der Waals surface area contributed by atoms with Crippen LogP contribution >= 0.6 is 12.4 Å². The van der Waals surface area contributed by atoms with E-state index in [2.05, 4.69) is 14.9 Å². The molecule has 11 nitrogen and oxygen atoms in total. The van der Waals surface area contributed by atoms with Gasteiger partial charge >= 0.3 is 5.97 Å². The third kappa shape index (κ3) is 6.41. The van der Waals surface area contributed by atoms with E-state index >= 15 is 0 Å². The van der Waals surface area contributed by atoms with E-state index in [1.54, 1.807) is 24.1 Å². The Kier molecular flexibility index (Phi) is 10.4. The molecule has 1 aliphatic rings. The van der Waals surface area contributed by atoms with Gasteiger partial charge in [0.05, 0.1) is 24.5 Å². The van der Waals surface area contributed by atoms with E-state index in [1.807, 2.05) is 24.8 Å². The Morgan fingerprint density at radius 2 is 1.83 bits per heavy atom. The molecule has 0 aromatic carbocycles. The highest BCUT2D eigenvalue weighted by Gasteiger charge is 2.33. The average molecular weight is 521 g/mol. The quantitative estimate of drug-likeness (QED) is 0.464. The van der Waals surface area contributed by atoms with E-state index in [-0.39, 0.29) is 42.2 Å². The maximum Gasteiger partial charge on any atom is 0.331 e. The number of aliphatic hydroxyl groups is 1. The van der Waals surface area contributed by atoms with Crippen LogP contribution in [0.15, 0.2) is 36.7 Å². The number of carbonyl (C=O) groups is 3. The van der Waals surface area contributed by atoms with E-state index < -0.39 is 24.5 Å². The standard InChI is InChI=1S/C24H32N6O5.ClH/c1-4-35-24(34)20(15-31)30(16(2)3)19-6-5-9-26-22(19)28-10-12-29(13-11-28)23(33)18-8-7-17(14-27-18)21(25)32;/h5-9,14,16,20,31H,4,10-13,15H2,1-3H3,(H2,25,32);1H/t20-;/m1./s1. The van der Waals surface area contributed by atoms with Crippen LogP contribution < -0.4 is 15.5 Å². The number of esters is 1. The molecule has 0 aliphatic carbocycles.